The summed E-state index contributed by atoms with van der Waals surface area (Å²) in [4.78, 5) is 0.231. The van der Waals surface area contributed by atoms with Gasteiger partial charge in [-0.15, -0.1) is 0 Å². The minimum absolute atomic E-state index is 0.231. The number of hydrogen-bond acceptors (Lipinski definition) is 5. The molecular formula is C18H21N3O3S. The number of nitriles is 1. The second-order valence-electron chi connectivity index (χ2n) is 5.45. The Morgan fingerprint density at radius 1 is 1.08 bits per heavy atom. The maximum Gasteiger partial charge on any atom is 0.240 e. The Labute approximate surface area is 148 Å². The van der Waals surface area contributed by atoms with Crippen LogP contribution in [0.1, 0.15) is 16.7 Å². The lowest BCUT2D eigenvalue weighted by Gasteiger charge is -2.08. The highest BCUT2D eigenvalue weighted by atomic mass is 32.2. The summed E-state index contributed by atoms with van der Waals surface area (Å²) in [7, 11) is -1.98. The second kappa shape index (κ2) is 9.30. The lowest BCUT2D eigenvalue weighted by Crippen LogP contribution is -2.27. The van der Waals surface area contributed by atoms with Gasteiger partial charge >= 0.3 is 0 Å². The predicted molar refractivity (Wildman–Crippen MR) is 95.2 cm³/mol. The Balaban J connectivity index is 1.89. The molecule has 2 aromatic rings. The van der Waals surface area contributed by atoms with E-state index in [1.165, 1.54) is 7.11 Å². The van der Waals surface area contributed by atoms with Crippen LogP contribution in [0.2, 0.25) is 0 Å². The SMILES string of the molecule is COCCNS(=O)(=O)c1ccc(CNCc2cccc(C#N)c2)cc1. The number of rotatable bonds is 9. The van der Waals surface area contributed by atoms with Crippen LogP contribution in [0.3, 0.4) is 0 Å². The lowest BCUT2D eigenvalue weighted by molar-refractivity contribution is 0.204. The van der Waals surface area contributed by atoms with Gasteiger partial charge in [-0.3, -0.25) is 0 Å². The molecule has 25 heavy (non-hydrogen) atoms. The highest BCUT2D eigenvalue weighted by Crippen LogP contribution is 2.11. The van der Waals surface area contributed by atoms with Crippen LogP contribution in [0.5, 0.6) is 0 Å². The average Bonchev–Trinajstić information content (AvgIpc) is 2.62. The molecule has 0 aliphatic carbocycles. The van der Waals surface area contributed by atoms with Gasteiger partial charge in [0.1, 0.15) is 0 Å². The molecule has 0 spiro atoms. The number of nitrogens with one attached hydrogen (secondary N) is 2. The third kappa shape index (κ3) is 5.96. The zero-order valence-corrected chi connectivity index (χ0v) is 14.8. The fourth-order valence-corrected chi connectivity index (χ4v) is 3.26. The number of benzene rings is 2. The van der Waals surface area contributed by atoms with Gasteiger partial charge in [-0.05, 0) is 35.4 Å². The first-order chi connectivity index (χ1) is 12.0. The Kier molecular flexibility index (Phi) is 7.10. The van der Waals surface area contributed by atoms with Crippen molar-refractivity contribution in [2.24, 2.45) is 0 Å². The minimum atomic E-state index is -3.50. The first-order valence-electron chi connectivity index (χ1n) is 7.82. The van der Waals surface area contributed by atoms with Gasteiger partial charge in [0.25, 0.3) is 0 Å². The predicted octanol–water partition coefficient (Wildman–Crippen LogP) is 1.77. The minimum Gasteiger partial charge on any atom is -0.383 e. The van der Waals surface area contributed by atoms with Gasteiger partial charge < -0.3 is 10.1 Å². The van der Waals surface area contributed by atoms with Crippen molar-refractivity contribution in [2.45, 2.75) is 18.0 Å². The van der Waals surface area contributed by atoms with E-state index in [1.54, 1.807) is 30.3 Å². The normalized spacial score (nSPS) is 11.2. The number of methoxy groups -OCH3 is 1. The molecule has 0 radical (unpaired) electrons. The van der Waals surface area contributed by atoms with Crippen LogP contribution in [0.4, 0.5) is 0 Å². The van der Waals surface area contributed by atoms with Crippen LogP contribution in [0.15, 0.2) is 53.4 Å². The number of nitrogens with zero attached hydrogens (tertiary/aromatic N) is 1. The standard InChI is InChI=1S/C18H21N3O3S/c1-24-10-9-21-25(22,23)18-7-5-15(6-8-18)13-20-14-17-4-2-3-16(11-17)12-19/h2-8,11,20-21H,9-10,13-14H2,1H3. The summed E-state index contributed by atoms with van der Waals surface area (Å²) in [5.41, 5.74) is 2.64. The molecule has 6 nitrogen and oxygen atoms in total. The molecule has 2 aromatic carbocycles. The highest BCUT2D eigenvalue weighted by Gasteiger charge is 2.12. The van der Waals surface area contributed by atoms with Crippen molar-refractivity contribution in [1.29, 1.82) is 5.26 Å². The van der Waals surface area contributed by atoms with Crippen LogP contribution in [-0.2, 0) is 27.8 Å². The Bertz CT molecular complexity index is 827. The molecule has 2 rings (SSSR count). The molecule has 0 amide bonds. The first kappa shape index (κ1) is 19.1. The molecule has 0 aliphatic rings. The average molecular weight is 359 g/mol. The summed E-state index contributed by atoms with van der Waals surface area (Å²) in [6.07, 6.45) is 0. The van der Waals surface area contributed by atoms with E-state index in [2.05, 4.69) is 16.1 Å². The quantitative estimate of drug-likeness (QED) is 0.666. The van der Waals surface area contributed by atoms with Crippen LogP contribution in [0, 0.1) is 11.3 Å². The molecule has 0 atom stereocenters. The van der Waals surface area contributed by atoms with Gasteiger partial charge in [0.15, 0.2) is 0 Å². The summed E-state index contributed by atoms with van der Waals surface area (Å²) in [5, 5.41) is 12.2. The van der Waals surface area contributed by atoms with Crippen molar-refractivity contribution in [1.82, 2.24) is 10.0 Å². The molecule has 0 heterocycles. The molecule has 0 fully saturated rings. The van der Waals surface area contributed by atoms with Gasteiger partial charge in [-0.25, -0.2) is 13.1 Å². The molecule has 0 aromatic heterocycles. The number of ether oxygens (including phenoxy) is 1. The molecule has 0 saturated carbocycles. The molecule has 132 valence electrons. The monoisotopic (exact) mass is 359 g/mol. The van der Waals surface area contributed by atoms with E-state index in [4.69, 9.17) is 10.00 Å². The fraction of sp³-hybridized carbons (Fsp3) is 0.278. The van der Waals surface area contributed by atoms with Crippen molar-refractivity contribution in [3.8, 4) is 6.07 Å². The molecule has 0 bridgehead atoms. The maximum absolute atomic E-state index is 12.1. The van der Waals surface area contributed by atoms with Crippen molar-refractivity contribution in [3.05, 3.63) is 65.2 Å². The lowest BCUT2D eigenvalue weighted by atomic mass is 10.1. The zero-order valence-electron chi connectivity index (χ0n) is 14.0. The Morgan fingerprint density at radius 3 is 2.48 bits per heavy atom. The smallest absolute Gasteiger partial charge is 0.240 e. The number of hydrogen-bond donors (Lipinski definition) is 2. The van der Waals surface area contributed by atoms with E-state index in [0.717, 1.165) is 11.1 Å². The van der Waals surface area contributed by atoms with E-state index in [0.29, 0.717) is 25.3 Å². The Morgan fingerprint density at radius 2 is 1.80 bits per heavy atom. The third-order valence-electron chi connectivity index (χ3n) is 3.55. The van der Waals surface area contributed by atoms with Gasteiger partial charge in [0, 0.05) is 26.7 Å². The molecule has 0 aliphatic heterocycles. The van der Waals surface area contributed by atoms with Gasteiger partial charge in [-0.2, -0.15) is 5.26 Å². The van der Waals surface area contributed by atoms with Crippen LogP contribution in [0.25, 0.3) is 0 Å². The molecular weight excluding hydrogens is 338 g/mol. The van der Waals surface area contributed by atoms with Gasteiger partial charge in [0.05, 0.1) is 23.1 Å². The second-order valence-corrected chi connectivity index (χ2v) is 7.22. The summed E-state index contributed by atoms with van der Waals surface area (Å²) >= 11 is 0. The first-order valence-corrected chi connectivity index (χ1v) is 9.31. The van der Waals surface area contributed by atoms with Crippen LogP contribution >= 0.6 is 0 Å². The number of sulfonamides is 1. The summed E-state index contributed by atoms with van der Waals surface area (Å²) in [6, 6.07) is 16.3. The molecule has 0 unspecified atom stereocenters. The summed E-state index contributed by atoms with van der Waals surface area (Å²) in [5.74, 6) is 0. The van der Waals surface area contributed by atoms with Crippen molar-refractivity contribution in [3.63, 3.8) is 0 Å². The third-order valence-corrected chi connectivity index (χ3v) is 5.02. The van der Waals surface area contributed by atoms with E-state index < -0.39 is 10.0 Å². The summed E-state index contributed by atoms with van der Waals surface area (Å²) in [6.45, 7) is 1.81. The maximum atomic E-state index is 12.1. The van der Waals surface area contributed by atoms with Crippen LogP contribution < -0.4 is 10.0 Å². The van der Waals surface area contributed by atoms with E-state index in [-0.39, 0.29) is 11.4 Å². The van der Waals surface area contributed by atoms with Crippen molar-refractivity contribution < 1.29 is 13.2 Å². The van der Waals surface area contributed by atoms with Crippen LogP contribution in [-0.4, -0.2) is 28.7 Å². The fourth-order valence-electron chi connectivity index (χ4n) is 2.25. The Hall–Kier alpha value is -2.24. The van der Waals surface area contributed by atoms with Gasteiger partial charge in [0.2, 0.25) is 10.0 Å². The largest absolute Gasteiger partial charge is 0.383 e. The van der Waals surface area contributed by atoms with Crippen molar-refractivity contribution >= 4 is 10.0 Å². The summed E-state index contributed by atoms with van der Waals surface area (Å²) < 4.78 is 31.4. The molecule has 0 saturated heterocycles. The zero-order chi connectivity index (χ0) is 18.1. The topological polar surface area (TPSA) is 91.2 Å². The molecule has 7 heteroatoms. The van der Waals surface area contributed by atoms with E-state index in [9.17, 15) is 8.42 Å². The molecule has 2 N–H and O–H groups in total. The van der Waals surface area contributed by atoms with E-state index >= 15 is 0 Å². The highest BCUT2D eigenvalue weighted by molar-refractivity contribution is 7.89. The van der Waals surface area contributed by atoms with Gasteiger partial charge in [-0.1, -0.05) is 24.3 Å². The van der Waals surface area contributed by atoms with Crippen molar-refractivity contribution in [2.75, 3.05) is 20.3 Å². The van der Waals surface area contributed by atoms with E-state index in [1.807, 2.05) is 18.2 Å².